The summed E-state index contributed by atoms with van der Waals surface area (Å²) < 4.78 is 42.2. The third-order valence-corrected chi connectivity index (χ3v) is 6.29. The average Bonchev–Trinajstić information content (AvgIpc) is 3.30. The molecule has 0 radical (unpaired) electrons. The average molecular weight is 527 g/mol. The van der Waals surface area contributed by atoms with E-state index in [0.717, 1.165) is 34.9 Å². The number of imidazole rings is 1. The minimum atomic E-state index is -0.572. The fourth-order valence-corrected chi connectivity index (χ4v) is 4.25. The van der Waals surface area contributed by atoms with E-state index in [1.807, 2.05) is 69.6 Å². The Labute approximate surface area is 228 Å². The van der Waals surface area contributed by atoms with Gasteiger partial charge in [-0.2, -0.15) is 0 Å². The molecule has 1 unspecified atom stereocenters. The molecular weight excluding hydrogens is 481 g/mol. The molecule has 1 heterocycles. The molecule has 1 aliphatic carbocycles. The van der Waals surface area contributed by atoms with Crippen molar-refractivity contribution in [3.63, 3.8) is 0 Å². The number of benzene rings is 2. The van der Waals surface area contributed by atoms with Gasteiger partial charge in [0.25, 0.3) is 0 Å². The summed E-state index contributed by atoms with van der Waals surface area (Å²) in [7, 11) is 1.88. The molecule has 0 saturated heterocycles. The van der Waals surface area contributed by atoms with E-state index in [1.54, 1.807) is 19.2 Å². The molecule has 0 spiro atoms. The second kappa shape index (κ2) is 15.4. The molecule has 208 valence electrons. The van der Waals surface area contributed by atoms with Gasteiger partial charge in [0, 0.05) is 24.2 Å². The summed E-state index contributed by atoms with van der Waals surface area (Å²) in [6.45, 7) is 19.2. The van der Waals surface area contributed by atoms with Crippen LogP contribution in [0.15, 0.2) is 72.5 Å². The smallest absolute Gasteiger partial charge is 0.140 e. The summed E-state index contributed by atoms with van der Waals surface area (Å²) in [6.07, 6.45) is 5.65. The van der Waals surface area contributed by atoms with Gasteiger partial charge in [-0.3, -0.25) is 0 Å². The van der Waals surface area contributed by atoms with Crippen LogP contribution in [0.3, 0.4) is 0 Å². The summed E-state index contributed by atoms with van der Waals surface area (Å²) in [5, 5.41) is 0. The monoisotopic (exact) mass is 526 g/mol. The summed E-state index contributed by atoms with van der Waals surface area (Å²) in [6, 6.07) is 12.3. The van der Waals surface area contributed by atoms with Crippen molar-refractivity contribution in [3.05, 3.63) is 89.7 Å². The van der Waals surface area contributed by atoms with Crippen LogP contribution in [0.2, 0.25) is 0 Å². The lowest BCUT2D eigenvalue weighted by Crippen LogP contribution is -2.11. The zero-order chi connectivity index (χ0) is 29.0. The van der Waals surface area contributed by atoms with Crippen molar-refractivity contribution in [2.45, 2.75) is 73.6 Å². The number of halogens is 3. The number of alkyl halides is 1. The molecule has 0 bridgehead atoms. The standard InChI is InChI=1S/C21H20F2N2.C7H11F.C3H8.C2H6/c1-13-11-21(13,2)19-16(9-15(22)10-17(19)23)20-24-12-18(25(20)3)14-7-5-4-6-8-14;1-6(2)4-7(3)5-8;1-3-2;1-2/h4-10,12-13H,11H2,1-3H3;4H,1,5H2,2-3H3;3H2,1-2H3;1-2H3/b;7-4-;;/t13-,21?;;;/m0.../s1. The molecule has 1 aromatic heterocycles. The Morgan fingerprint density at radius 3 is 2.13 bits per heavy atom. The van der Waals surface area contributed by atoms with Gasteiger partial charge in [0.05, 0.1) is 11.9 Å². The van der Waals surface area contributed by atoms with Gasteiger partial charge in [-0.1, -0.05) is 96.5 Å². The maximum Gasteiger partial charge on any atom is 0.140 e. The van der Waals surface area contributed by atoms with Gasteiger partial charge < -0.3 is 4.57 Å². The number of hydrogen-bond donors (Lipinski definition) is 0. The van der Waals surface area contributed by atoms with E-state index in [0.29, 0.717) is 22.9 Å². The molecule has 0 aliphatic heterocycles. The van der Waals surface area contributed by atoms with Crippen molar-refractivity contribution < 1.29 is 13.2 Å². The Bertz CT molecular complexity index is 1190. The van der Waals surface area contributed by atoms with E-state index in [4.69, 9.17) is 0 Å². The molecule has 1 saturated carbocycles. The fourth-order valence-electron chi connectivity index (χ4n) is 4.25. The van der Waals surface area contributed by atoms with Crippen LogP contribution >= 0.6 is 0 Å². The normalized spacial score (nSPS) is 17.7. The molecule has 0 amide bonds. The van der Waals surface area contributed by atoms with Crippen molar-refractivity contribution >= 4 is 0 Å². The number of rotatable bonds is 5. The fraction of sp³-hybridized carbons (Fsp3) is 0.424. The van der Waals surface area contributed by atoms with Crippen LogP contribution in [0.25, 0.3) is 22.6 Å². The lowest BCUT2D eigenvalue weighted by molar-refractivity contribution is 0.543. The van der Waals surface area contributed by atoms with Gasteiger partial charge in [-0.25, -0.2) is 18.2 Å². The van der Waals surface area contributed by atoms with Crippen LogP contribution in [0.1, 0.15) is 73.8 Å². The van der Waals surface area contributed by atoms with Gasteiger partial charge in [-0.15, -0.1) is 0 Å². The molecule has 0 N–H and O–H groups in total. The van der Waals surface area contributed by atoms with Crippen LogP contribution in [0.5, 0.6) is 0 Å². The molecule has 2 aromatic carbocycles. The maximum atomic E-state index is 14.7. The molecule has 1 aliphatic rings. The summed E-state index contributed by atoms with van der Waals surface area (Å²) in [5.41, 5.74) is 4.45. The van der Waals surface area contributed by atoms with E-state index >= 15 is 0 Å². The molecule has 3 aromatic rings. The predicted octanol–water partition coefficient (Wildman–Crippen LogP) is 10.3. The van der Waals surface area contributed by atoms with Gasteiger partial charge in [0.1, 0.15) is 24.1 Å². The van der Waals surface area contributed by atoms with Crippen molar-refractivity contribution in [1.29, 1.82) is 0 Å². The SMILES string of the molecule is C=C(C)/C=C(/C)CF.CC.CCC.C[C@H]1CC1(C)c1c(F)cc(F)cc1-c1ncc(-c2ccccc2)n1C. The summed E-state index contributed by atoms with van der Waals surface area (Å²) >= 11 is 0. The highest BCUT2D eigenvalue weighted by atomic mass is 19.1. The summed E-state index contributed by atoms with van der Waals surface area (Å²) in [5.74, 6) is -0.0869. The van der Waals surface area contributed by atoms with Crippen LogP contribution in [-0.2, 0) is 12.5 Å². The number of hydrogen-bond acceptors (Lipinski definition) is 1. The first-order chi connectivity index (χ1) is 18.0. The molecule has 2 nitrogen and oxygen atoms in total. The van der Waals surface area contributed by atoms with E-state index in [2.05, 4.69) is 32.3 Å². The second-order valence-electron chi connectivity index (χ2n) is 9.90. The maximum absolute atomic E-state index is 14.7. The first-order valence-corrected chi connectivity index (χ1v) is 13.5. The first-order valence-electron chi connectivity index (χ1n) is 13.5. The highest BCUT2D eigenvalue weighted by Crippen LogP contribution is 2.56. The summed E-state index contributed by atoms with van der Waals surface area (Å²) in [4.78, 5) is 4.50. The Morgan fingerprint density at radius 2 is 1.68 bits per heavy atom. The van der Waals surface area contributed by atoms with E-state index in [-0.39, 0.29) is 12.1 Å². The third-order valence-electron chi connectivity index (χ3n) is 6.29. The second-order valence-corrected chi connectivity index (χ2v) is 9.90. The van der Waals surface area contributed by atoms with Crippen LogP contribution in [0, 0.1) is 17.6 Å². The van der Waals surface area contributed by atoms with Gasteiger partial charge in [0.15, 0.2) is 0 Å². The van der Waals surface area contributed by atoms with Crippen LogP contribution in [-0.4, -0.2) is 16.2 Å². The predicted molar refractivity (Wildman–Crippen MR) is 157 cm³/mol. The van der Waals surface area contributed by atoms with Crippen LogP contribution in [0.4, 0.5) is 13.2 Å². The number of nitrogens with zero attached hydrogens (tertiary/aromatic N) is 2. The van der Waals surface area contributed by atoms with E-state index in [1.165, 1.54) is 12.5 Å². The minimum absolute atomic E-state index is 0.258. The van der Waals surface area contributed by atoms with E-state index in [9.17, 15) is 13.2 Å². The van der Waals surface area contributed by atoms with Crippen molar-refractivity contribution in [3.8, 4) is 22.6 Å². The first kappa shape index (κ1) is 32.9. The molecule has 2 atom stereocenters. The Balaban J connectivity index is 0.000000470. The molecule has 4 rings (SSSR count). The quantitative estimate of drug-likeness (QED) is 0.302. The van der Waals surface area contributed by atoms with Crippen LogP contribution < -0.4 is 0 Å². The molecule has 5 heteroatoms. The van der Waals surface area contributed by atoms with Crippen molar-refractivity contribution in [1.82, 2.24) is 9.55 Å². The highest BCUT2D eigenvalue weighted by molar-refractivity contribution is 5.69. The Hall–Kier alpha value is -3.08. The lowest BCUT2D eigenvalue weighted by atomic mass is 9.90. The largest absolute Gasteiger partial charge is 0.327 e. The van der Waals surface area contributed by atoms with E-state index < -0.39 is 11.6 Å². The topological polar surface area (TPSA) is 17.8 Å². The van der Waals surface area contributed by atoms with Crippen molar-refractivity contribution in [2.75, 3.05) is 6.67 Å². The van der Waals surface area contributed by atoms with Gasteiger partial charge in [-0.05, 0) is 48.8 Å². The zero-order valence-electron chi connectivity index (χ0n) is 24.6. The number of aromatic nitrogens is 2. The zero-order valence-corrected chi connectivity index (χ0v) is 24.6. The molecule has 38 heavy (non-hydrogen) atoms. The lowest BCUT2D eigenvalue weighted by Gasteiger charge is -2.18. The van der Waals surface area contributed by atoms with Crippen molar-refractivity contribution in [2.24, 2.45) is 13.0 Å². The third kappa shape index (κ3) is 8.47. The Morgan fingerprint density at radius 1 is 1.13 bits per heavy atom. The van der Waals surface area contributed by atoms with Gasteiger partial charge in [0.2, 0.25) is 0 Å². The molecular formula is C33H45F3N2. The minimum Gasteiger partial charge on any atom is -0.327 e. The number of allylic oxidation sites excluding steroid dienone is 3. The Kier molecular flexibility index (Phi) is 13.3. The van der Waals surface area contributed by atoms with Gasteiger partial charge >= 0.3 is 0 Å². The highest BCUT2D eigenvalue weighted by Gasteiger charge is 2.51. The molecule has 1 fully saturated rings.